The average Bonchev–Trinajstić information content (AvgIpc) is 3.16. The van der Waals surface area contributed by atoms with Gasteiger partial charge >= 0.3 is 11.9 Å². The molecule has 9 N–H and O–H groups in total. The van der Waals surface area contributed by atoms with Crippen molar-refractivity contribution in [1.29, 1.82) is 0 Å². The highest BCUT2D eigenvalue weighted by molar-refractivity contribution is 5.86. The van der Waals surface area contributed by atoms with Gasteiger partial charge in [0, 0.05) is 12.2 Å². The Morgan fingerprint density at radius 3 is 2.07 bits per heavy atom. The third kappa shape index (κ3) is 7.34. The van der Waals surface area contributed by atoms with Crippen molar-refractivity contribution < 1.29 is 74.5 Å². The van der Waals surface area contributed by atoms with E-state index in [9.17, 15) is 55.5 Å². The molecule has 0 amide bonds. The van der Waals surface area contributed by atoms with Gasteiger partial charge in [-0.25, -0.2) is 4.79 Å². The molecular formula is C42H66O15. The zero-order valence-electron chi connectivity index (χ0n) is 34.0. The van der Waals surface area contributed by atoms with E-state index in [0.717, 1.165) is 12.8 Å². The lowest BCUT2D eigenvalue weighted by Gasteiger charge is -2.69. The van der Waals surface area contributed by atoms with E-state index in [1.54, 1.807) is 0 Å². The number of ether oxygens (including phenoxy) is 4. The summed E-state index contributed by atoms with van der Waals surface area (Å²) in [4.78, 5) is 27.0. The zero-order chi connectivity index (χ0) is 42.0. The van der Waals surface area contributed by atoms with Gasteiger partial charge in [0.1, 0.15) is 48.8 Å². The number of allylic oxidation sites excluding steroid dienone is 2. The lowest BCUT2D eigenvalue weighted by molar-refractivity contribution is -0.328. The van der Waals surface area contributed by atoms with Crippen molar-refractivity contribution in [3.63, 3.8) is 0 Å². The third-order valence-corrected chi connectivity index (χ3v) is 16.0. The van der Waals surface area contributed by atoms with Crippen molar-refractivity contribution >= 4 is 11.9 Å². The zero-order valence-corrected chi connectivity index (χ0v) is 34.0. The first-order valence-electron chi connectivity index (χ1n) is 20.7. The molecule has 2 heterocycles. The summed E-state index contributed by atoms with van der Waals surface area (Å²) < 4.78 is 22.9. The van der Waals surface area contributed by atoms with E-state index in [0.29, 0.717) is 51.4 Å². The first kappa shape index (κ1) is 44.5. The lowest BCUT2D eigenvalue weighted by atomic mass is 9.35. The molecule has 0 radical (unpaired) electrons. The summed E-state index contributed by atoms with van der Waals surface area (Å²) in [6.07, 6.45) is -7.52. The van der Waals surface area contributed by atoms with Crippen molar-refractivity contribution in [2.45, 2.75) is 160 Å². The average molecular weight is 811 g/mol. The van der Waals surface area contributed by atoms with Gasteiger partial charge in [0.25, 0.3) is 0 Å². The molecule has 15 nitrogen and oxygen atoms in total. The number of carboxylic acid groups (broad SMARTS) is 1. The molecule has 2 aliphatic heterocycles. The molecule has 6 aliphatic rings. The van der Waals surface area contributed by atoms with Gasteiger partial charge in [0.15, 0.2) is 6.29 Å². The Hall–Kier alpha value is -2.02. The maximum Gasteiger partial charge on any atom is 0.331 e. The highest BCUT2D eigenvalue weighted by atomic mass is 16.7. The van der Waals surface area contributed by atoms with Gasteiger partial charge in [0.05, 0.1) is 18.6 Å². The number of carboxylic acids is 1. The number of fused-ring (bicyclic) bond motifs is 5. The molecule has 6 rings (SSSR count). The second-order valence-electron chi connectivity index (χ2n) is 19.5. The molecule has 0 spiro atoms. The van der Waals surface area contributed by atoms with Crippen molar-refractivity contribution in [3.05, 3.63) is 23.8 Å². The summed E-state index contributed by atoms with van der Waals surface area (Å²) in [6, 6.07) is 0. The molecule has 0 aromatic rings. The van der Waals surface area contributed by atoms with Gasteiger partial charge in [0.2, 0.25) is 6.29 Å². The molecular weight excluding hydrogens is 744 g/mol. The number of hydrogen-bond donors (Lipinski definition) is 9. The van der Waals surface area contributed by atoms with Crippen LogP contribution in [0.15, 0.2) is 23.8 Å². The Labute approximate surface area is 334 Å². The van der Waals surface area contributed by atoms with Crippen molar-refractivity contribution in [3.8, 4) is 0 Å². The van der Waals surface area contributed by atoms with E-state index in [1.807, 2.05) is 0 Å². The molecule has 0 bridgehead atoms. The smallest absolute Gasteiger partial charge is 0.331 e. The first-order chi connectivity index (χ1) is 26.6. The lowest BCUT2D eigenvalue weighted by Crippen LogP contribution is -2.64. The number of rotatable bonds is 11. The molecule has 5 fully saturated rings. The van der Waals surface area contributed by atoms with E-state index in [-0.39, 0.29) is 46.2 Å². The number of aliphatic carboxylic acids is 1. The molecule has 2 saturated heterocycles. The van der Waals surface area contributed by atoms with Gasteiger partial charge in [-0.05, 0) is 104 Å². The van der Waals surface area contributed by atoms with Gasteiger partial charge < -0.3 is 64.9 Å². The highest BCUT2D eigenvalue weighted by Crippen LogP contribution is 2.74. The van der Waals surface area contributed by atoms with Crippen LogP contribution in [0.5, 0.6) is 0 Å². The first-order valence-corrected chi connectivity index (χ1v) is 20.7. The highest BCUT2D eigenvalue weighted by Gasteiger charge is 2.68. The molecule has 17 atom stereocenters. The van der Waals surface area contributed by atoms with Crippen LogP contribution >= 0.6 is 0 Å². The van der Waals surface area contributed by atoms with Crippen molar-refractivity contribution in [2.75, 3.05) is 19.8 Å². The van der Waals surface area contributed by atoms with E-state index in [1.165, 1.54) is 5.57 Å². The number of carbonyl (C=O) groups is 2. The third-order valence-electron chi connectivity index (χ3n) is 16.0. The van der Waals surface area contributed by atoms with E-state index >= 15 is 0 Å². The summed E-state index contributed by atoms with van der Waals surface area (Å²) in [5.74, 6) is -1.94. The molecule has 3 saturated carbocycles. The summed E-state index contributed by atoms with van der Waals surface area (Å²) in [7, 11) is 0. The normalized spacial score (nSPS) is 48.1. The molecule has 0 aromatic carbocycles. The maximum absolute atomic E-state index is 14.8. The number of esters is 1. The predicted molar refractivity (Wildman–Crippen MR) is 202 cm³/mol. The fourth-order valence-corrected chi connectivity index (χ4v) is 12.3. The van der Waals surface area contributed by atoms with Gasteiger partial charge in [-0.1, -0.05) is 52.8 Å². The van der Waals surface area contributed by atoms with Crippen LogP contribution in [-0.4, -0.2) is 139 Å². The largest absolute Gasteiger partial charge is 0.478 e. The van der Waals surface area contributed by atoms with Crippen LogP contribution in [0.4, 0.5) is 0 Å². The number of aliphatic hydroxyl groups excluding tert-OH is 8. The van der Waals surface area contributed by atoms with Gasteiger partial charge in [-0.2, -0.15) is 0 Å². The Bertz CT molecular complexity index is 1550. The van der Waals surface area contributed by atoms with Crippen LogP contribution in [0.3, 0.4) is 0 Å². The monoisotopic (exact) mass is 810 g/mol. The standard InChI is InChI=1S/C42H66O15/c1-21(34(51)52)22-10-12-41(6)27(39(22,4)11-7-17-43)9-8-23-24-18-38(2,3)13-15-42(24,16-14-40(23,41)5)37(53)57-36-33(50)31(48)29(46)26(56-36)20-54-35-32(49)30(47)28(45)25(19-44)55-35/h8,22,24-33,35-36,43-50H,1,7,9-20H2,2-6H3,(H,51,52)/t22-,24-,25+,26+,27?,28+,29+,30-,31-,32+,33+,35+,36-,39-,40+,41+,42-/m0/s1. The Morgan fingerprint density at radius 1 is 0.825 bits per heavy atom. The van der Waals surface area contributed by atoms with Gasteiger partial charge in [-0.15, -0.1) is 0 Å². The van der Waals surface area contributed by atoms with Crippen molar-refractivity contribution in [2.24, 2.45) is 44.8 Å². The predicted octanol–water partition coefficient (Wildman–Crippen LogP) is 1.55. The second-order valence-corrected chi connectivity index (χ2v) is 19.5. The van der Waals surface area contributed by atoms with Crippen LogP contribution in [0.25, 0.3) is 0 Å². The van der Waals surface area contributed by atoms with Crippen LogP contribution in [0.2, 0.25) is 0 Å². The van der Waals surface area contributed by atoms with E-state index in [4.69, 9.17) is 18.9 Å². The van der Waals surface area contributed by atoms with Crippen LogP contribution in [-0.2, 0) is 28.5 Å². The van der Waals surface area contributed by atoms with E-state index < -0.39 is 97.4 Å². The fourth-order valence-electron chi connectivity index (χ4n) is 12.3. The van der Waals surface area contributed by atoms with Crippen LogP contribution in [0.1, 0.15) is 98.8 Å². The Balaban J connectivity index is 1.26. The number of aliphatic hydroxyl groups is 8. The summed E-state index contributed by atoms with van der Waals surface area (Å²) in [6.45, 7) is 14.0. The summed E-state index contributed by atoms with van der Waals surface area (Å²) >= 11 is 0. The Kier molecular flexibility index (Phi) is 12.6. The SMILES string of the molecule is C=C(C(=O)O)[C@@H]1CC[C@]2(C)C(CC=C3[C@@H]4CC(C)(C)CC[C@]4(C(=O)O[C@@H]4O[C@H](CO[C@@H]5O[C@H](CO)[C@@H](O)[C@H](O)[C@H]5O)[C@@H](O)[C@H](O)[C@H]4O)CC[C@]32C)[C@@]1(C)CCCO. The molecule has 57 heavy (non-hydrogen) atoms. The molecule has 0 aromatic heterocycles. The fraction of sp³-hybridized carbons (Fsp3) is 0.857. The van der Waals surface area contributed by atoms with Crippen LogP contribution < -0.4 is 0 Å². The second kappa shape index (κ2) is 16.1. The number of hydrogen-bond acceptors (Lipinski definition) is 14. The molecule has 1 unspecified atom stereocenters. The minimum Gasteiger partial charge on any atom is -0.478 e. The van der Waals surface area contributed by atoms with E-state index in [2.05, 4.69) is 47.3 Å². The summed E-state index contributed by atoms with van der Waals surface area (Å²) in [5, 5.41) is 93.0. The Morgan fingerprint density at radius 2 is 1.44 bits per heavy atom. The number of carbonyl (C=O) groups excluding carboxylic acids is 1. The molecule has 15 heteroatoms. The summed E-state index contributed by atoms with van der Waals surface area (Å²) in [5.41, 5.74) is -0.712. The molecule has 4 aliphatic carbocycles. The topological polar surface area (TPSA) is 253 Å². The van der Waals surface area contributed by atoms with Crippen LogP contribution in [0, 0.1) is 44.8 Å². The minimum absolute atomic E-state index is 0.00680. The molecule has 324 valence electrons. The maximum atomic E-state index is 14.8. The quantitative estimate of drug-likeness (QED) is 0.0816. The van der Waals surface area contributed by atoms with Gasteiger partial charge in [-0.3, -0.25) is 4.79 Å². The minimum atomic E-state index is -1.81. The van der Waals surface area contributed by atoms with Crippen molar-refractivity contribution in [1.82, 2.24) is 0 Å².